The van der Waals surface area contributed by atoms with Crippen LogP contribution in [0.3, 0.4) is 0 Å². The van der Waals surface area contributed by atoms with Crippen LogP contribution in [-0.4, -0.2) is 38.8 Å². The summed E-state index contributed by atoms with van der Waals surface area (Å²) in [5.74, 6) is 0.314. The Morgan fingerprint density at radius 3 is 2.62 bits per heavy atom. The zero-order chi connectivity index (χ0) is 20.8. The van der Waals surface area contributed by atoms with Crippen molar-refractivity contribution in [2.75, 3.05) is 25.7 Å². The Balaban J connectivity index is 1.63. The van der Waals surface area contributed by atoms with Crippen LogP contribution in [-0.2, 0) is 16.0 Å². The second kappa shape index (κ2) is 9.23. The third-order valence-electron chi connectivity index (χ3n) is 4.96. The first kappa shape index (κ1) is 20.4. The van der Waals surface area contributed by atoms with Gasteiger partial charge in [0.1, 0.15) is 0 Å². The van der Waals surface area contributed by atoms with Crippen LogP contribution in [0.4, 0.5) is 5.69 Å². The number of hydrogen-bond acceptors (Lipinski definition) is 5. The minimum absolute atomic E-state index is 0.0622. The molecule has 1 aliphatic heterocycles. The summed E-state index contributed by atoms with van der Waals surface area (Å²) in [7, 11) is 3.10. The van der Waals surface area contributed by atoms with Crippen LogP contribution >= 0.6 is 0 Å². The van der Waals surface area contributed by atoms with Crippen molar-refractivity contribution in [1.82, 2.24) is 5.43 Å². The topological polar surface area (TPSA) is 80.2 Å². The van der Waals surface area contributed by atoms with Gasteiger partial charge < -0.3 is 14.4 Å². The number of rotatable bonds is 7. The lowest BCUT2D eigenvalue weighted by molar-refractivity contribution is -0.126. The number of amides is 2. The Labute approximate surface area is 170 Å². The molecule has 0 radical (unpaired) electrons. The van der Waals surface area contributed by atoms with E-state index in [-0.39, 0.29) is 18.2 Å². The van der Waals surface area contributed by atoms with E-state index in [1.807, 2.05) is 30.3 Å². The number of para-hydroxylation sites is 1. The van der Waals surface area contributed by atoms with Crippen molar-refractivity contribution in [3.8, 4) is 11.5 Å². The maximum absolute atomic E-state index is 12.5. The van der Waals surface area contributed by atoms with Crippen LogP contribution in [0.5, 0.6) is 11.5 Å². The van der Waals surface area contributed by atoms with E-state index < -0.39 is 5.92 Å². The van der Waals surface area contributed by atoms with E-state index in [2.05, 4.69) is 17.5 Å². The highest BCUT2D eigenvalue weighted by atomic mass is 16.5. The number of carbonyl (C=O) groups is 2. The molecule has 0 aliphatic carbocycles. The number of nitrogens with zero attached hydrogens (tertiary/aromatic N) is 2. The molecule has 1 atom stereocenters. The molecule has 0 bridgehead atoms. The smallest absolute Gasteiger partial charge is 0.245 e. The minimum atomic E-state index is -0.447. The zero-order valence-electron chi connectivity index (χ0n) is 16.8. The molecular formula is C22H25N3O4. The molecule has 0 saturated carbocycles. The van der Waals surface area contributed by atoms with Gasteiger partial charge in [0.15, 0.2) is 11.5 Å². The van der Waals surface area contributed by atoms with Crippen molar-refractivity contribution in [2.24, 2.45) is 11.0 Å². The molecule has 2 aromatic rings. The maximum atomic E-state index is 12.5. The Morgan fingerprint density at radius 2 is 1.97 bits per heavy atom. The number of nitrogens with one attached hydrogen (secondary N) is 1. The number of carbonyl (C=O) groups excluding carboxylic acids is 2. The third-order valence-corrected chi connectivity index (χ3v) is 4.96. The fraction of sp³-hybridized carbons (Fsp3) is 0.318. The summed E-state index contributed by atoms with van der Waals surface area (Å²) < 4.78 is 10.6. The summed E-state index contributed by atoms with van der Waals surface area (Å²) in [5, 5.41) is 4.03. The lowest BCUT2D eigenvalue weighted by Gasteiger charge is -2.16. The van der Waals surface area contributed by atoms with Gasteiger partial charge in [0.2, 0.25) is 11.8 Å². The highest BCUT2D eigenvalue weighted by Crippen LogP contribution is 2.29. The lowest BCUT2D eigenvalue weighted by Crippen LogP contribution is -2.30. The van der Waals surface area contributed by atoms with Gasteiger partial charge in [-0.15, -0.1) is 0 Å². The fourth-order valence-electron chi connectivity index (χ4n) is 3.31. The molecule has 1 N–H and O–H groups in total. The number of benzene rings is 2. The number of hydrogen-bond donors (Lipinski definition) is 1. The van der Waals surface area contributed by atoms with Gasteiger partial charge >= 0.3 is 0 Å². The molecule has 0 spiro atoms. The van der Waals surface area contributed by atoms with E-state index in [4.69, 9.17) is 9.47 Å². The number of hydrazone groups is 1. The van der Waals surface area contributed by atoms with E-state index in [0.29, 0.717) is 23.6 Å². The molecule has 7 heteroatoms. The molecular weight excluding hydrogens is 370 g/mol. The number of anilines is 1. The summed E-state index contributed by atoms with van der Waals surface area (Å²) in [4.78, 5) is 26.5. The quantitative estimate of drug-likeness (QED) is 0.577. The average molecular weight is 395 g/mol. The highest BCUT2D eigenvalue weighted by Gasteiger charge is 2.35. The van der Waals surface area contributed by atoms with Crippen molar-refractivity contribution in [2.45, 2.75) is 19.8 Å². The van der Waals surface area contributed by atoms with E-state index in [9.17, 15) is 9.59 Å². The Bertz CT molecular complexity index is 909. The minimum Gasteiger partial charge on any atom is -0.493 e. The molecule has 2 aromatic carbocycles. The van der Waals surface area contributed by atoms with E-state index in [1.165, 1.54) is 11.8 Å². The first-order chi connectivity index (χ1) is 14.1. The number of aryl methyl sites for hydroxylation is 1. The average Bonchev–Trinajstić information content (AvgIpc) is 3.15. The van der Waals surface area contributed by atoms with Crippen molar-refractivity contribution < 1.29 is 19.1 Å². The Kier molecular flexibility index (Phi) is 6.49. The van der Waals surface area contributed by atoms with E-state index in [1.54, 1.807) is 31.3 Å². The van der Waals surface area contributed by atoms with E-state index in [0.717, 1.165) is 12.1 Å². The summed E-state index contributed by atoms with van der Waals surface area (Å²) >= 11 is 0. The summed E-state index contributed by atoms with van der Waals surface area (Å²) in [6.45, 7) is 2.42. The Hall–Kier alpha value is -3.35. The SMILES string of the molecule is CCc1ccc(N2C[C@@H](C(=O)N/N=C/c3cccc(OC)c3OC)CC2=O)cc1. The van der Waals surface area contributed by atoms with Crippen molar-refractivity contribution in [3.63, 3.8) is 0 Å². The van der Waals surface area contributed by atoms with E-state index >= 15 is 0 Å². The van der Waals surface area contributed by atoms with Gasteiger partial charge in [0.05, 0.1) is 26.4 Å². The molecule has 152 valence electrons. The van der Waals surface area contributed by atoms with Gasteiger partial charge in [0.25, 0.3) is 0 Å². The number of methoxy groups -OCH3 is 2. The van der Waals surface area contributed by atoms with Gasteiger partial charge in [-0.05, 0) is 36.2 Å². The second-order valence-electron chi connectivity index (χ2n) is 6.74. The lowest BCUT2D eigenvalue weighted by atomic mass is 10.1. The van der Waals surface area contributed by atoms with Crippen LogP contribution in [0.15, 0.2) is 47.6 Å². The molecule has 0 unspecified atom stereocenters. The van der Waals surface area contributed by atoms with Crippen LogP contribution in [0, 0.1) is 5.92 Å². The van der Waals surface area contributed by atoms with Crippen LogP contribution in [0.2, 0.25) is 0 Å². The standard InChI is InChI=1S/C22H25N3O4/c1-4-15-8-10-18(11-9-15)25-14-17(12-20(25)26)22(27)24-23-13-16-6-5-7-19(28-2)21(16)29-3/h5-11,13,17H,4,12,14H2,1-3H3,(H,24,27)/b23-13+/t17-/m0/s1. The predicted molar refractivity (Wildman–Crippen MR) is 112 cm³/mol. The van der Waals surface area contributed by atoms with Crippen molar-refractivity contribution in [3.05, 3.63) is 53.6 Å². The second-order valence-corrected chi connectivity index (χ2v) is 6.74. The maximum Gasteiger partial charge on any atom is 0.245 e. The van der Waals surface area contributed by atoms with Gasteiger partial charge in [-0.2, -0.15) is 5.10 Å². The molecule has 1 fully saturated rings. The monoisotopic (exact) mass is 395 g/mol. The molecule has 29 heavy (non-hydrogen) atoms. The van der Waals surface area contributed by atoms with Gasteiger partial charge in [-0.25, -0.2) is 5.43 Å². The van der Waals surface area contributed by atoms with Crippen LogP contribution in [0.25, 0.3) is 0 Å². The van der Waals surface area contributed by atoms with Gasteiger partial charge in [-0.3, -0.25) is 9.59 Å². The molecule has 2 amide bonds. The van der Waals surface area contributed by atoms with Crippen molar-refractivity contribution >= 4 is 23.7 Å². The van der Waals surface area contributed by atoms with Crippen molar-refractivity contribution in [1.29, 1.82) is 0 Å². The first-order valence-electron chi connectivity index (χ1n) is 9.50. The predicted octanol–water partition coefficient (Wildman–Crippen LogP) is 2.77. The van der Waals surface area contributed by atoms with Crippen LogP contribution < -0.4 is 19.8 Å². The van der Waals surface area contributed by atoms with Gasteiger partial charge in [0, 0.05) is 24.2 Å². The molecule has 1 aliphatic rings. The number of ether oxygens (including phenoxy) is 2. The normalized spacial score (nSPS) is 16.3. The molecule has 1 saturated heterocycles. The van der Waals surface area contributed by atoms with Gasteiger partial charge in [-0.1, -0.05) is 25.1 Å². The molecule has 3 rings (SSSR count). The molecule has 0 aromatic heterocycles. The molecule has 7 nitrogen and oxygen atoms in total. The summed E-state index contributed by atoms with van der Waals surface area (Å²) in [5.41, 5.74) is 5.22. The van der Waals surface area contributed by atoms with Crippen LogP contribution in [0.1, 0.15) is 24.5 Å². The third kappa shape index (κ3) is 4.56. The summed E-state index contributed by atoms with van der Waals surface area (Å²) in [6, 6.07) is 13.2. The largest absolute Gasteiger partial charge is 0.493 e. The summed E-state index contributed by atoms with van der Waals surface area (Å²) in [6.07, 6.45) is 2.60. The Morgan fingerprint density at radius 1 is 1.21 bits per heavy atom. The zero-order valence-corrected chi connectivity index (χ0v) is 16.8. The first-order valence-corrected chi connectivity index (χ1v) is 9.50. The fourth-order valence-corrected chi connectivity index (χ4v) is 3.31. The highest BCUT2D eigenvalue weighted by molar-refractivity contribution is 6.00. The molecule has 1 heterocycles.